The first kappa shape index (κ1) is 32.7. The monoisotopic (exact) mass is 480 g/mol. The Kier molecular flexibility index (Phi) is 26.8. The Balaban J connectivity index is 3.21. The van der Waals surface area contributed by atoms with Crippen molar-refractivity contribution in [3.8, 4) is 0 Å². The van der Waals surface area contributed by atoms with Crippen LogP contribution in [0, 0.1) is 0 Å². The van der Waals surface area contributed by atoms with E-state index < -0.39 is 5.97 Å². The number of carbonyl (C=O) groups is 2. The predicted octanol–water partition coefficient (Wildman–Crippen LogP) is 9.55. The van der Waals surface area contributed by atoms with Crippen molar-refractivity contribution in [1.82, 2.24) is 0 Å². The van der Waals surface area contributed by atoms with Crippen molar-refractivity contribution in [1.29, 1.82) is 0 Å². The predicted molar refractivity (Wildman–Crippen MR) is 144 cm³/mol. The van der Waals surface area contributed by atoms with Crippen molar-refractivity contribution >= 4 is 11.9 Å². The van der Waals surface area contributed by atoms with Crippen molar-refractivity contribution in [3.05, 3.63) is 12.2 Å². The van der Waals surface area contributed by atoms with Crippen LogP contribution < -0.4 is 0 Å². The number of hydrogen-bond acceptors (Lipinski definition) is 3. The largest absolute Gasteiger partial charge is 0.481 e. The Morgan fingerprint density at radius 2 is 0.971 bits per heavy atom. The highest BCUT2D eigenvalue weighted by atomic mass is 16.5. The third-order valence-corrected chi connectivity index (χ3v) is 6.44. The van der Waals surface area contributed by atoms with Crippen LogP contribution in [0.2, 0.25) is 0 Å². The standard InChI is InChI=1S/C30H56O4/c1-2-3-4-5-6-7-8-9-10-11-12-15-18-21-24-27-30(33)34-28-25-22-19-16-13-14-17-20-23-26-29(31)32/h9-10H,2-8,11-28H2,1H3,(H,31,32)/b10-9-. The summed E-state index contributed by atoms with van der Waals surface area (Å²) in [5, 5.41) is 8.59. The molecule has 0 amide bonds. The Hall–Kier alpha value is -1.32. The molecule has 0 heterocycles. The van der Waals surface area contributed by atoms with Gasteiger partial charge in [0.15, 0.2) is 0 Å². The molecule has 4 nitrogen and oxygen atoms in total. The Morgan fingerprint density at radius 1 is 0.559 bits per heavy atom. The van der Waals surface area contributed by atoms with E-state index in [4.69, 9.17) is 9.84 Å². The zero-order valence-corrected chi connectivity index (χ0v) is 22.5. The fraction of sp³-hybridized carbons (Fsp3) is 0.867. The van der Waals surface area contributed by atoms with Gasteiger partial charge in [0.05, 0.1) is 6.61 Å². The first-order valence-corrected chi connectivity index (χ1v) is 14.7. The molecule has 4 heteroatoms. The molecule has 0 atom stereocenters. The van der Waals surface area contributed by atoms with E-state index in [9.17, 15) is 9.59 Å². The summed E-state index contributed by atoms with van der Waals surface area (Å²) in [6, 6.07) is 0. The molecule has 0 saturated heterocycles. The second-order valence-corrected chi connectivity index (χ2v) is 9.88. The number of esters is 1. The van der Waals surface area contributed by atoms with Gasteiger partial charge in [0.1, 0.15) is 0 Å². The number of aliphatic carboxylic acids is 1. The number of ether oxygens (including phenoxy) is 1. The molecular weight excluding hydrogens is 424 g/mol. The van der Waals surface area contributed by atoms with Crippen LogP contribution in [0.15, 0.2) is 12.2 Å². The number of hydrogen-bond donors (Lipinski definition) is 1. The van der Waals surface area contributed by atoms with Crippen LogP contribution in [0.4, 0.5) is 0 Å². The zero-order valence-electron chi connectivity index (χ0n) is 22.5. The quantitative estimate of drug-likeness (QED) is 0.0722. The van der Waals surface area contributed by atoms with Gasteiger partial charge in [0.2, 0.25) is 0 Å². The van der Waals surface area contributed by atoms with Crippen molar-refractivity contribution in [3.63, 3.8) is 0 Å². The lowest BCUT2D eigenvalue weighted by atomic mass is 10.1. The number of unbranched alkanes of at least 4 members (excludes halogenated alkanes) is 19. The van der Waals surface area contributed by atoms with Crippen molar-refractivity contribution in [2.24, 2.45) is 0 Å². The van der Waals surface area contributed by atoms with Gasteiger partial charge < -0.3 is 9.84 Å². The molecule has 1 N–H and O–H groups in total. The average molecular weight is 481 g/mol. The highest BCUT2D eigenvalue weighted by molar-refractivity contribution is 5.69. The Labute approximate surface area is 211 Å². The molecule has 0 aromatic heterocycles. The second-order valence-electron chi connectivity index (χ2n) is 9.88. The number of carboxylic acid groups (broad SMARTS) is 1. The molecule has 0 aromatic carbocycles. The molecule has 0 rings (SSSR count). The SMILES string of the molecule is CCCCCCCC/C=C\CCCCCCCC(=O)OCCCCCCCCCCCC(=O)O. The van der Waals surface area contributed by atoms with Crippen LogP contribution in [0.3, 0.4) is 0 Å². The van der Waals surface area contributed by atoms with Crippen molar-refractivity contribution < 1.29 is 19.4 Å². The molecule has 0 aromatic rings. The van der Waals surface area contributed by atoms with E-state index >= 15 is 0 Å². The maximum atomic E-state index is 11.8. The molecule has 0 radical (unpaired) electrons. The lowest BCUT2D eigenvalue weighted by Gasteiger charge is -2.05. The van der Waals surface area contributed by atoms with Gasteiger partial charge in [0, 0.05) is 12.8 Å². The summed E-state index contributed by atoms with van der Waals surface area (Å²) in [4.78, 5) is 22.2. The molecular formula is C30H56O4. The molecule has 0 spiro atoms. The second kappa shape index (κ2) is 27.9. The van der Waals surface area contributed by atoms with Gasteiger partial charge in [-0.25, -0.2) is 0 Å². The smallest absolute Gasteiger partial charge is 0.305 e. The van der Waals surface area contributed by atoms with Crippen LogP contribution in [0.5, 0.6) is 0 Å². The van der Waals surface area contributed by atoms with E-state index in [1.54, 1.807) is 0 Å². The van der Waals surface area contributed by atoms with Gasteiger partial charge in [-0.15, -0.1) is 0 Å². The first-order chi connectivity index (χ1) is 16.7. The molecule has 0 bridgehead atoms. The molecule has 0 aliphatic carbocycles. The molecule has 200 valence electrons. The van der Waals surface area contributed by atoms with E-state index in [0.29, 0.717) is 19.4 Å². The topological polar surface area (TPSA) is 63.6 Å². The third kappa shape index (κ3) is 28.7. The normalized spacial score (nSPS) is 11.3. The summed E-state index contributed by atoms with van der Waals surface area (Å²) >= 11 is 0. The molecule has 0 aliphatic rings. The maximum absolute atomic E-state index is 11.8. The number of carboxylic acids is 1. The number of rotatable bonds is 27. The fourth-order valence-electron chi connectivity index (χ4n) is 4.21. The highest BCUT2D eigenvalue weighted by Gasteiger charge is 2.02. The van der Waals surface area contributed by atoms with E-state index in [1.165, 1.54) is 96.3 Å². The summed E-state index contributed by atoms with van der Waals surface area (Å²) in [7, 11) is 0. The van der Waals surface area contributed by atoms with Gasteiger partial charge in [-0.2, -0.15) is 0 Å². The highest BCUT2D eigenvalue weighted by Crippen LogP contribution is 2.12. The third-order valence-electron chi connectivity index (χ3n) is 6.44. The van der Waals surface area contributed by atoms with Gasteiger partial charge >= 0.3 is 11.9 Å². The maximum Gasteiger partial charge on any atom is 0.305 e. The lowest BCUT2D eigenvalue weighted by Crippen LogP contribution is -2.05. The van der Waals surface area contributed by atoms with Gasteiger partial charge in [0.25, 0.3) is 0 Å². The van der Waals surface area contributed by atoms with Crippen LogP contribution >= 0.6 is 0 Å². The van der Waals surface area contributed by atoms with Crippen LogP contribution in [0.25, 0.3) is 0 Å². The Bertz CT molecular complexity index is 472. The molecule has 0 aliphatic heterocycles. The van der Waals surface area contributed by atoms with Crippen LogP contribution in [0.1, 0.15) is 161 Å². The zero-order chi connectivity index (χ0) is 25.0. The summed E-state index contributed by atoms with van der Waals surface area (Å²) in [5.41, 5.74) is 0. The average Bonchev–Trinajstić information content (AvgIpc) is 2.82. The molecule has 0 fully saturated rings. The summed E-state index contributed by atoms with van der Waals surface area (Å²) < 4.78 is 5.36. The van der Waals surface area contributed by atoms with Crippen molar-refractivity contribution in [2.75, 3.05) is 6.61 Å². The summed E-state index contributed by atoms with van der Waals surface area (Å²) in [6.45, 7) is 2.84. The number of carbonyl (C=O) groups excluding carboxylic acids is 1. The number of allylic oxidation sites excluding steroid dienone is 2. The van der Waals surface area contributed by atoms with E-state index in [1.807, 2.05) is 0 Å². The van der Waals surface area contributed by atoms with Gasteiger partial charge in [-0.3, -0.25) is 9.59 Å². The molecule has 0 saturated carbocycles. The van der Waals surface area contributed by atoms with E-state index in [2.05, 4.69) is 19.1 Å². The van der Waals surface area contributed by atoms with Gasteiger partial charge in [-0.05, 0) is 44.9 Å². The van der Waals surface area contributed by atoms with Crippen LogP contribution in [-0.2, 0) is 14.3 Å². The Morgan fingerprint density at radius 3 is 1.47 bits per heavy atom. The fourth-order valence-corrected chi connectivity index (χ4v) is 4.21. The van der Waals surface area contributed by atoms with E-state index in [0.717, 1.165) is 44.9 Å². The molecule has 0 unspecified atom stereocenters. The summed E-state index contributed by atoms with van der Waals surface area (Å²) in [5.74, 6) is -0.715. The first-order valence-electron chi connectivity index (χ1n) is 14.7. The minimum absolute atomic E-state index is 0.0287. The minimum Gasteiger partial charge on any atom is -0.481 e. The molecule has 34 heavy (non-hydrogen) atoms. The summed E-state index contributed by atoms with van der Waals surface area (Å²) in [6.07, 6.45) is 32.0. The van der Waals surface area contributed by atoms with E-state index in [-0.39, 0.29) is 5.97 Å². The van der Waals surface area contributed by atoms with Gasteiger partial charge in [-0.1, -0.05) is 115 Å². The lowest BCUT2D eigenvalue weighted by molar-refractivity contribution is -0.144. The van der Waals surface area contributed by atoms with Crippen LogP contribution in [-0.4, -0.2) is 23.7 Å². The van der Waals surface area contributed by atoms with Crippen molar-refractivity contribution in [2.45, 2.75) is 161 Å². The minimum atomic E-state index is -0.687.